The number of para-hydroxylation sites is 1. The fraction of sp³-hybridized carbons (Fsp3) is 0.231. The van der Waals surface area contributed by atoms with E-state index in [1.54, 1.807) is 37.3 Å². The number of rotatable bonds is 4. The minimum Gasteiger partial charge on any atom is -0.508 e. The van der Waals surface area contributed by atoms with Gasteiger partial charge in [-0.2, -0.15) is 0 Å². The number of carbonyl (C=O) groups is 2. The highest BCUT2D eigenvalue weighted by Crippen LogP contribution is 2.11. The second-order valence-corrected chi connectivity index (χ2v) is 3.56. The first kappa shape index (κ1) is 13.8. The molecule has 0 aliphatic heterocycles. The molecule has 96 valence electrons. The summed E-state index contributed by atoms with van der Waals surface area (Å²) >= 11 is 0. The summed E-state index contributed by atoms with van der Waals surface area (Å²) in [5.41, 5.74) is 0.550. The minimum atomic E-state index is -0.664. The standard InChI is InChI=1S/C13H15NO4/c1-3-11(16)18-12(9(2)15)13(17)14-10-7-5-4-6-8-10/h4-8,15H,3H2,1-2H3,(H,14,17)/b12-9-. The number of aliphatic hydroxyl groups excluding tert-OH is 1. The molecular weight excluding hydrogens is 234 g/mol. The summed E-state index contributed by atoms with van der Waals surface area (Å²) in [6, 6.07) is 8.68. The van der Waals surface area contributed by atoms with Crippen molar-refractivity contribution in [1.82, 2.24) is 0 Å². The number of hydrogen-bond donors (Lipinski definition) is 2. The van der Waals surface area contributed by atoms with Crippen LogP contribution in [-0.4, -0.2) is 17.0 Å². The molecule has 0 spiro atoms. The summed E-state index contributed by atoms with van der Waals surface area (Å²) in [6.45, 7) is 2.88. The second-order valence-electron chi connectivity index (χ2n) is 3.56. The van der Waals surface area contributed by atoms with Crippen LogP contribution >= 0.6 is 0 Å². The molecule has 0 saturated heterocycles. The van der Waals surface area contributed by atoms with E-state index in [1.165, 1.54) is 6.92 Å². The zero-order chi connectivity index (χ0) is 13.5. The highest BCUT2D eigenvalue weighted by molar-refractivity contribution is 6.03. The van der Waals surface area contributed by atoms with Gasteiger partial charge in [0.25, 0.3) is 5.91 Å². The predicted molar refractivity (Wildman–Crippen MR) is 66.8 cm³/mol. The Morgan fingerprint density at radius 2 is 1.89 bits per heavy atom. The molecule has 0 aliphatic rings. The van der Waals surface area contributed by atoms with Crippen molar-refractivity contribution in [3.63, 3.8) is 0 Å². The summed E-state index contributed by atoms with van der Waals surface area (Å²) in [6.07, 6.45) is 0.120. The van der Waals surface area contributed by atoms with E-state index in [4.69, 9.17) is 4.74 Å². The lowest BCUT2D eigenvalue weighted by Gasteiger charge is -2.09. The molecule has 1 aromatic carbocycles. The molecule has 0 unspecified atom stereocenters. The van der Waals surface area contributed by atoms with Gasteiger partial charge in [-0.15, -0.1) is 0 Å². The third kappa shape index (κ3) is 3.93. The topological polar surface area (TPSA) is 75.6 Å². The van der Waals surface area contributed by atoms with Gasteiger partial charge < -0.3 is 15.2 Å². The number of allylic oxidation sites excluding steroid dienone is 1. The maximum atomic E-state index is 11.8. The van der Waals surface area contributed by atoms with Gasteiger partial charge in [0.2, 0.25) is 5.76 Å². The molecule has 1 aromatic rings. The van der Waals surface area contributed by atoms with Crippen molar-refractivity contribution in [3.05, 3.63) is 41.9 Å². The lowest BCUT2D eigenvalue weighted by atomic mass is 10.3. The highest BCUT2D eigenvalue weighted by atomic mass is 16.5. The number of nitrogens with one attached hydrogen (secondary N) is 1. The van der Waals surface area contributed by atoms with E-state index in [1.807, 2.05) is 0 Å². The number of anilines is 1. The Hall–Kier alpha value is -2.30. The van der Waals surface area contributed by atoms with E-state index in [0.717, 1.165) is 0 Å². The van der Waals surface area contributed by atoms with Crippen LogP contribution < -0.4 is 5.32 Å². The number of esters is 1. The van der Waals surface area contributed by atoms with Gasteiger partial charge in [0.05, 0.1) is 0 Å². The average molecular weight is 249 g/mol. The van der Waals surface area contributed by atoms with E-state index in [2.05, 4.69) is 5.32 Å². The van der Waals surface area contributed by atoms with Crippen molar-refractivity contribution in [3.8, 4) is 0 Å². The Morgan fingerprint density at radius 1 is 1.28 bits per heavy atom. The van der Waals surface area contributed by atoms with Crippen LogP contribution in [0.3, 0.4) is 0 Å². The molecule has 0 saturated carbocycles. The van der Waals surface area contributed by atoms with Crippen molar-refractivity contribution in [1.29, 1.82) is 0 Å². The lowest BCUT2D eigenvalue weighted by Crippen LogP contribution is -2.20. The monoisotopic (exact) mass is 249 g/mol. The molecule has 18 heavy (non-hydrogen) atoms. The first-order valence-corrected chi connectivity index (χ1v) is 5.51. The summed E-state index contributed by atoms with van der Waals surface area (Å²) < 4.78 is 4.77. The first-order chi connectivity index (χ1) is 8.54. The summed E-state index contributed by atoms with van der Waals surface area (Å²) in [5.74, 6) is -1.97. The van der Waals surface area contributed by atoms with Crippen LogP contribution in [0.4, 0.5) is 5.69 Å². The molecule has 2 N–H and O–H groups in total. The number of ether oxygens (including phenoxy) is 1. The Morgan fingerprint density at radius 3 is 2.39 bits per heavy atom. The summed E-state index contributed by atoms with van der Waals surface area (Å²) in [4.78, 5) is 22.9. The van der Waals surface area contributed by atoms with Crippen molar-refractivity contribution in [2.24, 2.45) is 0 Å². The number of hydrogen-bond acceptors (Lipinski definition) is 4. The van der Waals surface area contributed by atoms with Gasteiger partial charge in [0, 0.05) is 12.1 Å². The third-order valence-corrected chi connectivity index (χ3v) is 2.07. The zero-order valence-corrected chi connectivity index (χ0v) is 10.3. The van der Waals surface area contributed by atoms with Crippen LogP contribution in [0.25, 0.3) is 0 Å². The van der Waals surface area contributed by atoms with Gasteiger partial charge in [0.1, 0.15) is 5.76 Å². The van der Waals surface area contributed by atoms with E-state index >= 15 is 0 Å². The smallest absolute Gasteiger partial charge is 0.311 e. The first-order valence-electron chi connectivity index (χ1n) is 5.51. The molecule has 0 heterocycles. The number of aliphatic hydroxyl groups is 1. The SMILES string of the molecule is CCC(=O)O/C(C(=O)Nc1ccccc1)=C(/C)O. The maximum absolute atomic E-state index is 11.8. The lowest BCUT2D eigenvalue weighted by molar-refractivity contribution is -0.142. The largest absolute Gasteiger partial charge is 0.508 e. The molecule has 0 aromatic heterocycles. The van der Waals surface area contributed by atoms with Gasteiger partial charge in [-0.1, -0.05) is 25.1 Å². The van der Waals surface area contributed by atoms with Crippen LogP contribution in [0.1, 0.15) is 20.3 Å². The molecule has 0 radical (unpaired) electrons. The van der Waals surface area contributed by atoms with Crippen molar-refractivity contribution in [2.75, 3.05) is 5.32 Å². The van der Waals surface area contributed by atoms with Crippen molar-refractivity contribution < 1.29 is 19.4 Å². The molecule has 1 rings (SSSR count). The number of carbonyl (C=O) groups excluding carboxylic acids is 2. The molecule has 5 heteroatoms. The van der Waals surface area contributed by atoms with Crippen LogP contribution in [0, 0.1) is 0 Å². The molecule has 0 bridgehead atoms. The molecule has 1 amide bonds. The quantitative estimate of drug-likeness (QED) is 0.488. The Labute approximate surface area is 105 Å². The van der Waals surface area contributed by atoms with Gasteiger partial charge >= 0.3 is 5.97 Å². The van der Waals surface area contributed by atoms with E-state index in [0.29, 0.717) is 5.69 Å². The van der Waals surface area contributed by atoms with Crippen LogP contribution in [-0.2, 0) is 14.3 Å². The predicted octanol–water partition coefficient (Wildman–Crippen LogP) is 2.37. The number of amides is 1. The van der Waals surface area contributed by atoms with Crippen LogP contribution in [0.15, 0.2) is 41.9 Å². The fourth-order valence-corrected chi connectivity index (χ4v) is 1.18. The van der Waals surface area contributed by atoms with Crippen molar-refractivity contribution >= 4 is 17.6 Å². The average Bonchev–Trinajstić information content (AvgIpc) is 2.36. The maximum Gasteiger partial charge on any atom is 0.311 e. The normalized spacial score (nSPS) is 11.4. The fourth-order valence-electron chi connectivity index (χ4n) is 1.18. The van der Waals surface area contributed by atoms with E-state index in [-0.39, 0.29) is 17.9 Å². The minimum absolute atomic E-state index is 0.120. The zero-order valence-electron chi connectivity index (χ0n) is 10.3. The van der Waals surface area contributed by atoms with Gasteiger partial charge in [-0.3, -0.25) is 9.59 Å². The summed E-state index contributed by atoms with van der Waals surface area (Å²) in [5, 5.41) is 11.9. The second kappa shape index (κ2) is 6.44. The summed E-state index contributed by atoms with van der Waals surface area (Å²) in [7, 11) is 0. The Balaban J connectivity index is 2.80. The van der Waals surface area contributed by atoms with E-state index in [9.17, 15) is 14.7 Å². The number of benzene rings is 1. The van der Waals surface area contributed by atoms with Crippen molar-refractivity contribution in [2.45, 2.75) is 20.3 Å². The van der Waals surface area contributed by atoms with Crippen LogP contribution in [0.5, 0.6) is 0 Å². The van der Waals surface area contributed by atoms with Gasteiger partial charge in [-0.05, 0) is 19.1 Å². The van der Waals surface area contributed by atoms with Gasteiger partial charge in [0.15, 0.2) is 0 Å². The third-order valence-electron chi connectivity index (χ3n) is 2.07. The molecule has 0 aliphatic carbocycles. The molecular formula is C13H15NO4. The highest BCUT2D eigenvalue weighted by Gasteiger charge is 2.18. The Kier molecular flexibility index (Phi) is 4.92. The Bertz CT molecular complexity index is 461. The van der Waals surface area contributed by atoms with E-state index < -0.39 is 11.9 Å². The van der Waals surface area contributed by atoms with Gasteiger partial charge in [-0.25, -0.2) is 0 Å². The van der Waals surface area contributed by atoms with Crippen LogP contribution in [0.2, 0.25) is 0 Å². The molecule has 5 nitrogen and oxygen atoms in total. The molecule has 0 fully saturated rings. The molecule has 0 atom stereocenters.